The lowest BCUT2D eigenvalue weighted by Crippen LogP contribution is -2.29. The molecule has 0 spiro atoms. The molecule has 0 unspecified atom stereocenters. The van der Waals surface area contributed by atoms with Crippen LogP contribution in [0, 0.1) is 11.3 Å². The number of methoxy groups -OCH3 is 2. The van der Waals surface area contributed by atoms with E-state index < -0.39 is 0 Å². The molecule has 0 atom stereocenters. The number of benzene rings is 2. The van der Waals surface area contributed by atoms with Gasteiger partial charge in [0.2, 0.25) is 0 Å². The number of allylic oxidation sites excluding steroid dienone is 2. The van der Waals surface area contributed by atoms with Gasteiger partial charge in [0.05, 0.1) is 23.2 Å². The van der Waals surface area contributed by atoms with E-state index in [4.69, 9.17) is 9.47 Å². The molecule has 1 fully saturated rings. The maximum absolute atomic E-state index is 13.4. The van der Waals surface area contributed by atoms with Gasteiger partial charge in [-0.25, -0.2) is 0 Å². The molecule has 0 saturated heterocycles. The van der Waals surface area contributed by atoms with Crippen LogP contribution in [0.1, 0.15) is 44.7 Å². The number of halogens is 2. The minimum Gasteiger partial charge on any atom is -0.496 e. The molecule has 31 heavy (non-hydrogen) atoms. The molecule has 2 aromatic carbocycles. The highest BCUT2D eigenvalue weighted by Gasteiger charge is 2.34. The van der Waals surface area contributed by atoms with Crippen molar-refractivity contribution >= 4 is 49.8 Å². The number of hydrogen-bond donors (Lipinski definition) is 0. The number of ketones is 1. The molecule has 0 amide bonds. The van der Waals surface area contributed by atoms with Gasteiger partial charge >= 0.3 is 0 Å². The lowest BCUT2D eigenvalue weighted by Gasteiger charge is -2.35. The Labute approximate surface area is 201 Å². The molecule has 0 heterocycles. The van der Waals surface area contributed by atoms with Crippen LogP contribution in [0.4, 0.5) is 0 Å². The maximum atomic E-state index is 13.4. The van der Waals surface area contributed by atoms with Crippen LogP contribution in [0.2, 0.25) is 0 Å². The number of Topliss-reactive ketones (excluding diaryl/α,β-unsaturated/α-hetero) is 1. The predicted molar refractivity (Wildman–Crippen MR) is 135 cm³/mol. The van der Waals surface area contributed by atoms with Crippen LogP contribution < -0.4 is 9.47 Å². The van der Waals surface area contributed by atoms with E-state index >= 15 is 0 Å². The molecule has 5 heteroatoms. The van der Waals surface area contributed by atoms with E-state index in [9.17, 15) is 4.79 Å². The molecule has 0 bridgehead atoms. The van der Waals surface area contributed by atoms with Gasteiger partial charge in [-0.15, -0.1) is 0 Å². The van der Waals surface area contributed by atoms with Gasteiger partial charge in [0.15, 0.2) is 5.78 Å². The molecule has 0 radical (unpaired) electrons. The summed E-state index contributed by atoms with van der Waals surface area (Å²) in [6.07, 6.45) is 5.54. The highest BCUT2D eigenvalue weighted by molar-refractivity contribution is 9.10. The molecule has 0 aliphatic heterocycles. The Bertz CT molecular complexity index is 970. The lowest BCUT2D eigenvalue weighted by molar-refractivity contribution is -0.113. The first-order valence-corrected chi connectivity index (χ1v) is 11.8. The van der Waals surface area contributed by atoms with Gasteiger partial charge in [-0.05, 0) is 104 Å². The lowest BCUT2D eigenvalue weighted by atomic mass is 9.68. The van der Waals surface area contributed by atoms with Gasteiger partial charge in [-0.2, -0.15) is 0 Å². The Morgan fingerprint density at radius 3 is 1.61 bits per heavy atom. The van der Waals surface area contributed by atoms with Gasteiger partial charge in [-0.1, -0.05) is 32.9 Å². The first-order valence-electron chi connectivity index (χ1n) is 10.2. The highest BCUT2D eigenvalue weighted by Crippen LogP contribution is 2.42. The largest absolute Gasteiger partial charge is 0.496 e. The summed E-state index contributed by atoms with van der Waals surface area (Å²) in [6, 6.07) is 11.8. The van der Waals surface area contributed by atoms with E-state index in [0.717, 1.165) is 55.6 Å². The fourth-order valence-electron chi connectivity index (χ4n) is 3.79. The van der Waals surface area contributed by atoms with Crippen LogP contribution in [0.25, 0.3) is 12.2 Å². The molecule has 3 rings (SSSR count). The topological polar surface area (TPSA) is 35.5 Å². The zero-order valence-corrected chi connectivity index (χ0v) is 21.8. The average Bonchev–Trinajstić information content (AvgIpc) is 2.72. The van der Waals surface area contributed by atoms with E-state index in [0.29, 0.717) is 5.92 Å². The summed E-state index contributed by atoms with van der Waals surface area (Å²) in [5.41, 5.74) is 3.69. The van der Waals surface area contributed by atoms with Crippen molar-refractivity contribution < 1.29 is 14.3 Å². The Morgan fingerprint density at radius 1 is 0.839 bits per heavy atom. The van der Waals surface area contributed by atoms with Crippen molar-refractivity contribution in [1.29, 1.82) is 0 Å². The Hall–Kier alpha value is -1.85. The summed E-state index contributed by atoms with van der Waals surface area (Å²) < 4.78 is 12.6. The van der Waals surface area contributed by atoms with Crippen LogP contribution in [-0.2, 0) is 4.79 Å². The Kier molecular flexibility index (Phi) is 7.48. The first-order chi connectivity index (χ1) is 14.6. The zero-order valence-electron chi connectivity index (χ0n) is 18.6. The Morgan fingerprint density at radius 2 is 1.26 bits per heavy atom. The van der Waals surface area contributed by atoms with Crippen LogP contribution >= 0.6 is 31.9 Å². The fourth-order valence-corrected chi connectivity index (χ4v) is 4.61. The van der Waals surface area contributed by atoms with Crippen molar-refractivity contribution in [2.45, 2.75) is 33.6 Å². The Balaban J connectivity index is 2.03. The molecule has 164 valence electrons. The number of hydrogen-bond acceptors (Lipinski definition) is 3. The average molecular weight is 548 g/mol. The van der Waals surface area contributed by atoms with E-state index in [1.54, 1.807) is 14.2 Å². The third-order valence-electron chi connectivity index (χ3n) is 5.77. The van der Waals surface area contributed by atoms with Crippen LogP contribution in [-0.4, -0.2) is 20.0 Å². The molecule has 2 aromatic rings. The summed E-state index contributed by atoms with van der Waals surface area (Å²) in [5.74, 6) is 1.99. The van der Waals surface area contributed by atoms with Crippen LogP contribution in [0.3, 0.4) is 0 Å². The standard InChI is InChI=1S/C26H28Br2O3/c1-26(2,3)20-14-18(10-16-6-8-21(27)23(12-16)30-4)25(29)19(15-20)11-17-7-9-22(28)24(13-17)31-5/h6-13,20H,14-15H2,1-5H3/b18-10+,19-11+. The van der Waals surface area contributed by atoms with Crippen molar-refractivity contribution in [2.24, 2.45) is 11.3 Å². The van der Waals surface area contributed by atoms with E-state index in [1.165, 1.54) is 0 Å². The molecule has 1 saturated carbocycles. The summed E-state index contributed by atoms with van der Waals surface area (Å²) in [7, 11) is 3.29. The second kappa shape index (κ2) is 9.74. The third-order valence-corrected chi connectivity index (χ3v) is 7.08. The van der Waals surface area contributed by atoms with Crippen molar-refractivity contribution in [3.8, 4) is 11.5 Å². The number of carbonyl (C=O) groups excluding carboxylic acids is 1. The van der Waals surface area contributed by atoms with Crippen LogP contribution in [0.5, 0.6) is 11.5 Å². The normalized spacial score (nSPS) is 19.7. The number of carbonyl (C=O) groups is 1. The van der Waals surface area contributed by atoms with Crippen molar-refractivity contribution in [1.82, 2.24) is 0 Å². The molecule has 0 aromatic heterocycles. The molecule has 1 aliphatic carbocycles. The van der Waals surface area contributed by atoms with E-state index in [2.05, 4.69) is 52.6 Å². The maximum Gasteiger partial charge on any atom is 0.185 e. The molecule has 1 aliphatic rings. The van der Waals surface area contributed by atoms with Gasteiger partial charge in [0, 0.05) is 11.1 Å². The monoisotopic (exact) mass is 546 g/mol. The SMILES string of the molecule is COc1cc(/C=C2\CC(C(C)(C)C)C/C(=C\c3ccc(Br)c(OC)c3)C2=O)ccc1Br. The fraction of sp³-hybridized carbons (Fsp3) is 0.346. The summed E-state index contributed by atoms with van der Waals surface area (Å²) in [4.78, 5) is 13.4. The summed E-state index contributed by atoms with van der Waals surface area (Å²) in [5, 5.41) is 0. The predicted octanol–water partition coefficient (Wildman–Crippen LogP) is 7.72. The number of rotatable bonds is 4. The van der Waals surface area contributed by atoms with Gasteiger partial charge < -0.3 is 9.47 Å². The van der Waals surface area contributed by atoms with Crippen molar-refractivity contribution in [2.75, 3.05) is 14.2 Å². The summed E-state index contributed by atoms with van der Waals surface area (Å²) in [6.45, 7) is 6.73. The quantitative estimate of drug-likeness (QED) is 0.367. The minimum absolute atomic E-state index is 0.0910. The second-order valence-corrected chi connectivity index (χ2v) is 10.6. The molecule has 0 N–H and O–H groups in total. The van der Waals surface area contributed by atoms with Crippen molar-refractivity contribution in [3.05, 3.63) is 67.6 Å². The summed E-state index contributed by atoms with van der Waals surface area (Å²) >= 11 is 6.98. The van der Waals surface area contributed by atoms with Crippen LogP contribution in [0.15, 0.2) is 56.5 Å². The van der Waals surface area contributed by atoms with E-state index in [-0.39, 0.29) is 11.2 Å². The third kappa shape index (κ3) is 5.69. The number of ether oxygens (including phenoxy) is 2. The van der Waals surface area contributed by atoms with Gasteiger partial charge in [0.1, 0.15) is 11.5 Å². The van der Waals surface area contributed by atoms with Gasteiger partial charge in [-0.3, -0.25) is 4.79 Å². The van der Waals surface area contributed by atoms with Gasteiger partial charge in [0.25, 0.3) is 0 Å². The first kappa shape index (κ1) is 23.8. The van der Waals surface area contributed by atoms with Crippen molar-refractivity contribution in [3.63, 3.8) is 0 Å². The second-order valence-electron chi connectivity index (χ2n) is 8.93. The molecular formula is C26H28Br2O3. The molecular weight excluding hydrogens is 520 g/mol. The zero-order chi connectivity index (χ0) is 22.8. The smallest absolute Gasteiger partial charge is 0.185 e. The van der Waals surface area contributed by atoms with E-state index in [1.807, 2.05) is 48.6 Å². The molecule has 3 nitrogen and oxygen atoms in total. The highest BCUT2D eigenvalue weighted by atomic mass is 79.9. The minimum atomic E-state index is 0.0910.